The molecular formula is C15H21ClN2O2. The summed E-state index contributed by atoms with van der Waals surface area (Å²) in [4.78, 5) is 16.8. The fourth-order valence-corrected chi connectivity index (χ4v) is 2.65. The van der Waals surface area contributed by atoms with Gasteiger partial charge in [-0.3, -0.25) is 9.69 Å². The lowest BCUT2D eigenvalue weighted by atomic mass is 10.1. The SMILES string of the molecule is COc1ccc(C(=O)CN2CCCN(C)CC2)cc1Cl. The lowest BCUT2D eigenvalue weighted by Crippen LogP contribution is -2.33. The number of likely N-dealkylation sites (N-methyl/N-ethyl adjacent to an activating group) is 1. The van der Waals surface area contributed by atoms with Crippen LogP contribution in [-0.4, -0.2) is 62.5 Å². The fraction of sp³-hybridized carbons (Fsp3) is 0.533. The van der Waals surface area contributed by atoms with E-state index in [2.05, 4.69) is 16.8 Å². The van der Waals surface area contributed by atoms with Crippen LogP contribution < -0.4 is 4.74 Å². The third-order valence-corrected chi connectivity index (χ3v) is 3.95. The van der Waals surface area contributed by atoms with Crippen molar-refractivity contribution in [2.24, 2.45) is 0 Å². The third-order valence-electron chi connectivity index (χ3n) is 3.65. The standard InChI is InChI=1S/C15H21ClN2O2/c1-17-6-3-7-18(9-8-17)11-14(19)12-4-5-15(20-2)13(16)10-12/h4-5,10H,3,6-9,11H2,1-2H3. The van der Waals surface area contributed by atoms with Crippen LogP contribution in [-0.2, 0) is 0 Å². The quantitative estimate of drug-likeness (QED) is 0.797. The molecule has 4 nitrogen and oxygen atoms in total. The first-order valence-corrected chi connectivity index (χ1v) is 7.25. The molecular weight excluding hydrogens is 276 g/mol. The molecule has 1 aromatic carbocycles. The zero-order valence-electron chi connectivity index (χ0n) is 12.1. The second kappa shape index (κ2) is 7.07. The van der Waals surface area contributed by atoms with Gasteiger partial charge in [-0.25, -0.2) is 0 Å². The number of nitrogens with zero attached hydrogens (tertiary/aromatic N) is 2. The molecule has 1 aliphatic heterocycles. The molecule has 2 rings (SSSR count). The average molecular weight is 297 g/mol. The van der Waals surface area contributed by atoms with Crippen LogP contribution in [0.3, 0.4) is 0 Å². The number of methoxy groups -OCH3 is 1. The molecule has 1 saturated heterocycles. The largest absolute Gasteiger partial charge is 0.495 e. The van der Waals surface area contributed by atoms with Gasteiger partial charge in [0, 0.05) is 18.7 Å². The summed E-state index contributed by atoms with van der Waals surface area (Å²) >= 11 is 6.06. The molecule has 0 bridgehead atoms. The molecule has 0 aliphatic carbocycles. The van der Waals surface area contributed by atoms with Gasteiger partial charge in [-0.1, -0.05) is 11.6 Å². The van der Waals surface area contributed by atoms with Gasteiger partial charge in [-0.05, 0) is 44.8 Å². The van der Waals surface area contributed by atoms with Crippen LogP contribution >= 0.6 is 11.6 Å². The number of carbonyl (C=O) groups excluding carboxylic acids is 1. The van der Waals surface area contributed by atoms with Crippen LogP contribution in [0.4, 0.5) is 0 Å². The van der Waals surface area contributed by atoms with Gasteiger partial charge in [-0.2, -0.15) is 0 Å². The minimum atomic E-state index is 0.110. The third kappa shape index (κ3) is 3.95. The Labute approximate surface area is 125 Å². The van der Waals surface area contributed by atoms with Crippen molar-refractivity contribution in [3.05, 3.63) is 28.8 Å². The molecule has 0 amide bonds. The maximum atomic E-state index is 12.3. The monoisotopic (exact) mass is 296 g/mol. The Hall–Kier alpha value is -1.10. The first-order chi connectivity index (χ1) is 9.60. The number of Topliss-reactive ketones (excluding diaryl/α,β-unsaturated/α-hetero) is 1. The van der Waals surface area contributed by atoms with Gasteiger partial charge in [0.15, 0.2) is 5.78 Å². The first-order valence-electron chi connectivity index (χ1n) is 6.88. The highest BCUT2D eigenvalue weighted by molar-refractivity contribution is 6.32. The molecule has 0 aromatic heterocycles. The van der Waals surface area contributed by atoms with Crippen molar-refractivity contribution in [3.8, 4) is 5.75 Å². The van der Waals surface area contributed by atoms with Crippen LogP contribution in [0.15, 0.2) is 18.2 Å². The highest BCUT2D eigenvalue weighted by Gasteiger charge is 2.16. The van der Waals surface area contributed by atoms with Crippen LogP contribution in [0, 0.1) is 0 Å². The second-order valence-corrected chi connectivity index (χ2v) is 5.61. The maximum absolute atomic E-state index is 12.3. The van der Waals surface area contributed by atoms with Crippen molar-refractivity contribution in [1.82, 2.24) is 9.80 Å². The summed E-state index contributed by atoms with van der Waals surface area (Å²) in [6.07, 6.45) is 1.10. The number of rotatable bonds is 4. The molecule has 1 heterocycles. The number of benzene rings is 1. The van der Waals surface area contributed by atoms with Gasteiger partial charge in [0.25, 0.3) is 0 Å². The van der Waals surface area contributed by atoms with E-state index in [0.717, 1.165) is 32.6 Å². The molecule has 0 N–H and O–H groups in total. The van der Waals surface area contributed by atoms with E-state index >= 15 is 0 Å². The van der Waals surface area contributed by atoms with Crippen molar-refractivity contribution in [3.63, 3.8) is 0 Å². The van der Waals surface area contributed by atoms with Crippen molar-refractivity contribution in [2.45, 2.75) is 6.42 Å². The van der Waals surface area contributed by atoms with E-state index in [0.29, 0.717) is 22.9 Å². The van der Waals surface area contributed by atoms with E-state index < -0.39 is 0 Å². The van der Waals surface area contributed by atoms with Crippen molar-refractivity contribution in [1.29, 1.82) is 0 Å². The van der Waals surface area contributed by atoms with E-state index in [1.54, 1.807) is 25.3 Å². The number of carbonyl (C=O) groups is 1. The summed E-state index contributed by atoms with van der Waals surface area (Å²) < 4.78 is 5.10. The van der Waals surface area contributed by atoms with Crippen LogP contribution in [0.5, 0.6) is 5.75 Å². The van der Waals surface area contributed by atoms with E-state index in [9.17, 15) is 4.79 Å². The molecule has 1 fully saturated rings. The van der Waals surface area contributed by atoms with Gasteiger partial charge in [0.2, 0.25) is 0 Å². The predicted octanol–water partition coefficient (Wildman–Crippen LogP) is 2.17. The summed E-state index contributed by atoms with van der Waals surface area (Å²) in [7, 11) is 3.69. The lowest BCUT2D eigenvalue weighted by molar-refractivity contribution is 0.0933. The van der Waals surface area contributed by atoms with Gasteiger partial charge in [0.1, 0.15) is 5.75 Å². The Bertz CT molecular complexity index is 479. The summed E-state index contributed by atoms with van der Waals surface area (Å²) in [5.74, 6) is 0.707. The van der Waals surface area contributed by atoms with Gasteiger partial charge in [-0.15, -0.1) is 0 Å². The molecule has 5 heteroatoms. The van der Waals surface area contributed by atoms with Crippen molar-refractivity contribution < 1.29 is 9.53 Å². The molecule has 0 spiro atoms. The Morgan fingerprint density at radius 2 is 2.10 bits per heavy atom. The number of hydrogen-bond acceptors (Lipinski definition) is 4. The zero-order valence-corrected chi connectivity index (χ0v) is 12.8. The van der Waals surface area contributed by atoms with E-state index in [-0.39, 0.29) is 5.78 Å². The van der Waals surface area contributed by atoms with Gasteiger partial charge >= 0.3 is 0 Å². The highest BCUT2D eigenvalue weighted by Crippen LogP contribution is 2.25. The number of hydrogen-bond donors (Lipinski definition) is 0. The topological polar surface area (TPSA) is 32.8 Å². The summed E-state index contributed by atoms with van der Waals surface area (Å²) in [6, 6.07) is 5.20. The van der Waals surface area contributed by atoms with Crippen LogP contribution in [0.2, 0.25) is 5.02 Å². The maximum Gasteiger partial charge on any atom is 0.176 e. The molecule has 20 heavy (non-hydrogen) atoms. The Kier molecular flexibility index (Phi) is 5.40. The summed E-state index contributed by atoms with van der Waals surface area (Å²) in [6.45, 7) is 4.47. The van der Waals surface area contributed by atoms with E-state index in [1.165, 1.54) is 0 Å². The molecule has 1 aromatic rings. The van der Waals surface area contributed by atoms with Crippen LogP contribution in [0.1, 0.15) is 16.8 Å². The molecule has 0 saturated carbocycles. The molecule has 0 radical (unpaired) electrons. The minimum absolute atomic E-state index is 0.110. The lowest BCUT2D eigenvalue weighted by Gasteiger charge is -2.19. The summed E-state index contributed by atoms with van der Waals surface area (Å²) in [5.41, 5.74) is 0.647. The predicted molar refractivity (Wildman–Crippen MR) is 80.9 cm³/mol. The Morgan fingerprint density at radius 1 is 1.30 bits per heavy atom. The smallest absolute Gasteiger partial charge is 0.176 e. The zero-order chi connectivity index (χ0) is 14.5. The summed E-state index contributed by atoms with van der Waals surface area (Å²) in [5, 5.41) is 0.481. The highest BCUT2D eigenvalue weighted by atomic mass is 35.5. The molecule has 1 aliphatic rings. The van der Waals surface area contributed by atoms with E-state index in [4.69, 9.17) is 16.3 Å². The normalized spacial score (nSPS) is 17.8. The number of ether oxygens (including phenoxy) is 1. The molecule has 0 atom stereocenters. The second-order valence-electron chi connectivity index (χ2n) is 5.21. The Balaban J connectivity index is 1.99. The number of halogens is 1. The minimum Gasteiger partial charge on any atom is -0.495 e. The van der Waals surface area contributed by atoms with Crippen LogP contribution in [0.25, 0.3) is 0 Å². The number of ketones is 1. The van der Waals surface area contributed by atoms with Crippen molar-refractivity contribution >= 4 is 17.4 Å². The van der Waals surface area contributed by atoms with Crippen molar-refractivity contribution in [2.75, 3.05) is 46.9 Å². The van der Waals surface area contributed by atoms with Gasteiger partial charge in [0.05, 0.1) is 18.7 Å². The Morgan fingerprint density at radius 3 is 2.80 bits per heavy atom. The van der Waals surface area contributed by atoms with Gasteiger partial charge < -0.3 is 9.64 Å². The first kappa shape index (κ1) is 15.3. The fourth-order valence-electron chi connectivity index (χ4n) is 2.39. The van der Waals surface area contributed by atoms with E-state index in [1.807, 2.05) is 0 Å². The molecule has 110 valence electrons. The average Bonchev–Trinajstić information content (AvgIpc) is 2.63. The molecule has 0 unspecified atom stereocenters.